The van der Waals surface area contributed by atoms with Gasteiger partial charge in [0.2, 0.25) is 5.78 Å². The molecule has 0 unspecified atom stereocenters. The predicted octanol–water partition coefficient (Wildman–Crippen LogP) is 9.69. The number of nitrogens with two attached hydrogens (primary N) is 1. The second kappa shape index (κ2) is 27.9. The van der Waals surface area contributed by atoms with E-state index in [9.17, 15) is 56.8 Å². The molecule has 3 aliphatic carbocycles. The van der Waals surface area contributed by atoms with E-state index in [0.717, 1.165) is 92.9 Å². The standard InChI is InChI=1S/C21H21FN2O4S.C17H10F3NO4S.C17H12FNO4S.C4H11NO/c1-27-9-3-8-24-18-5-4-17-19(6-7-20(21(17)18)29(2,25)26)28-16-11-14(13-23)10-15(22)12-16;1-26(23,24)14-3-2-13(12-7-17(19,20)16(22)15(12)14)25-11-5-9(8-21)4-10(18)6-11;1-24(21,22)16-5-4-15(13-2-3-14(20)17(13)16)23-12-7-10(9-19)6-11(18)8-12;1-6-4-2-3-5/h5-7,10-12,24H,3-4,8-9H2,1-2H3;2-6H,7H2,1H3;4-8H,2-3H2,1H3;2-5H2,1H3. The highest BCUT2D eigenvalue weighted by molar-refractivity contribution is 7.91. The van der Waals surface area contributed by atoms with Crippen LogP contribution in [0.5, 0.6) is 34.5 Å². The van der Waals surface area contributed by atoms with E-state index in [2.05, 4.69) is 5.32 Å². The molecule has 0 aliphatic heterocycles. The Hall–Kier alpha value is -8.55. The summed E-state index contributed by atoms with van der Waals surface area (Å²) in [6, 6.07) is 23.8. The number of ether oxygens (including phenoxy) is 5. The number of benzene rings is 6. The molecule has 3 aliphatic rings. The molecule has 0 saturated heterocycles. The van der Waals surface area contributed by atoms with Crippen molar-refractivity contribution in [2.24, 2.45) is 5.73 Å². The van der Waals surface area contributed by atoms with Crippen LogP contribution in [0.3, 0.4) is 0 Å². The molecule has 18 nitrogen and oxygen atoms in total. The van der Waals surface area contributed by atoms with Crippen LogP contribution in [0, 0.1) is 51.4 Å². The lowest BCUT2D eigenvalue weighted by molar-refractivity contribution is 0.0165. The summed E-state index contributed by atoms with van der Waals surface area (Å²) in [6.45, 7) is 2.74. The minimum absolute atomic E-state index is 0.0238. The summed E-state index contributed by atoms with van der Waals surface area (Å²) in [5, 5.41) is 30.0. The number of hydrogen-bond donors (Lipinski definition) is 2. The predicted molar refractivity (Wildman–Crippen MR) is 300 cm³/mol. The summed E-state index contributed by atoms with van der Waals surface area (Å²) >= 11 is 0. The van der Waals surface area contributed by atoms with Crippen LogP contribution in [0.25, 0.3) is 5.70 Å². The lowest BCUT2D eigenvalue weighted by Crippen LogP contribution is -2.24. The Bertz CT molecular complexity index is 4100. The fourth-order valence-corrected chi connectivity index (χ4v) is 11.7. The largest absolute Gasteiger partial charge is 0.457 e. The van der Waals surface area contributed by atoms with E-state index in [1.807, 2.05) is 18.2 Å². The van der Waals surface area contributed by atoms with Gasteiger partial charge < -0.3 is 34.7 Å². The van der Waals surface area contributed by atoms with Crippen LogP contribution in [0.15, 0.2) is 112 Å². The SMILES string of the molecule is COCCCN.COCCCNC1=CCc2c(Oc3cc(F)cc(C#N)c3)ccc(S(C)(=O)=O)c21.CS(=O)(=O)c1ccc(Oc2cc(F)cc(C#N)c2)c2c1C(=O)C(F)(F)C2.CS(=O)(=O)c1ccc(Oc2cc(F)cc(C#N)c2)c2c1C(=O)CC2. The molecule has 0 amide bonds. The number of Topliss-reactive ketones (excluding diaryl/α,β-unsaturated/α-hetero) is 2. The maximum atomic E-state index is 13.9. The molecule has 85 heavy (non-hydrogen) atoms. The van der Waals surface area contributed by atoms with Gasteiger partial charge in [0.05, 0.1) is 49.6 Å². The van der Waals surface area contributed by atoms with Crippen molar-refractivity contribution in [2.45, 2.75) is 59.1 Å². The van der Waals surface area contributed by atoms with E-state index < -0.39 is 75.5 Å². The maximum Gasteiger partial charge on any atom is 0.313 e. The Labute approximate surface area is 487 Å². The topological polar surface area (TPSA) is 292 Å². The molecular formula is C59H54F5N5O13S3. The quantitative estimate of drug-likeness (QED) is 0.0634. The van der Waals surface area contributed by atoms with Gasteiger partial charge in [0.15, 0.2) is 35.3 Å². The highest BCUT2D eigenvalue weighted by Crippen LogP contribution is 2.44. The van der Waals surface area contributed by atoms with Crippen LogP contribution in [-0.4, -0.2) is 102 Å². The smallest absolute Gasteiger partial charge is 0.313 e. The number of methoxy groups -OCH3 is 2. The highest BCUT2D eigenvalue weighted by atomic mass is 32.2. The van der Waals surface area contributed by atoms with Crippen molar-refractivity contribution in [2.75, 3.05) is 59.3 Å². The minimum Gasteiger partial charge on any atom is -0.457 e. The second-order valence-electron chi connectivity index (χ2n) is 19.1. The van der Waals surface area contributed by atoms with Gasteiger partial charge in [-0.2, -0.15) is 24.6 Å². The third-order valence-corrected chi connectivity index (χ3v) is 16.0. The molecule has 6 aromatic carbocycles. The van der Waals surface area contributed by atoms with Crippen LogP contribution in [0.2, 0.25) is 0 Å². The first-order valence-corrected chi connectivity index (χ1v) is 31.1. The van der Waals surface area contributed by atoms with Gasteiger partial charge in [0, 0.05) is 123 Å². The van der Waals surface area contributed by atoms with E-state index in [4.69, 9.17) is 45.2 Å². The molecule has 0 bridgehead atoms. The lowest BCUT2D eigenvalue weighted by atomic mass is 10.1. The Morgan fingerprint density at radius 2 is 0.976 bits per heavy atom. The van der Waals surface area contributed by atoms with Crippen LogP contribution in [-0.2, 0) is 58.2 Å². The summed E-state index contributed by atoms with van der Waals surface area (Å²) < 4.78 is 167. The number of fused-ring (bicyclic) bond motifs is 3. The molecule has 0 spiro atoms. The second-order valence-corrected chi connectivity index (χ2v) is 25.0. The number of halogens is 5. The minimum atomic E-state index is -3.93. The Morgan fingerprint density at radius 3 is 1.39 bits per heavy atom. The van der Waals surface area contributed by atoms with Gasteiger partial charge in [0.1, 0.15) is 51.9 Å². The van der Waals surface area contributed by atoms with Gasteiger partial charge in [-0.05, 0) is 105 Å². The maximum absolute atomic E-state index is 13.9. The number of nitrogens with one attached hydrogen (secondary N) is 1. The van der Waals surface area contributed by atoms with Gasteiger partial charge in [-0.15, -0.1) is 0 Å². The van der Waals surface area contributed by atoms with Gasteiger partial charge in [0.25, 0.3) is 0 Å². The molecule has 0 radical (unpaired) electrons. The summed E-state index contributed by atoms with van der Waals surface area (Å²) in [4.78, 5) is 23.7. The number of ketones is 2. The van der Waals surface area contributed by atoms with E-state index >= 15 is 0 Å². The van der Waals surface area contributed by atoms with Gasteiger partial charge in [-0.1, -0.05) is 6.08 Å². The molecule has 26 heteroatoms. The van der Waals surface area contributed by atoms with E-state index in [1.54, 1.807) is 26.4 Å². The first-order valence-electron chi connectivity index (χ1n) is 25.4. The van der Waals surface area contributed by atoms with Gasteiger partial charge in [-0.25, -0.2) is 38.4 Å². The van der Waals surface area contributed by atoms with Crippen LogP contribution < -0.4 is 25.3 Å². The summed E-state index contributed by atoms with van der Waals surface area (Å²) in [6.07, 6.45) is 6.66. The number of carbonyl (C=O) groups is 2. The fourth-order valence-electron chi connectivity index (χ4n) is 8.93. The van der Waals surface area contributed by atoms with Crippen molar-refractivity contribution in [3.8, 4) is 52.7 Å². The lowest BCUT2D eigenvalue weighted by Gasteiger charge is -2.16. The number of alkyl halides is 2. The zero-order valence-corrected chi connectivity index (χ0v) is 48.6. The number of nitriles is 3. The van der Waals surface area contributed by atoms with Crippen LogP contribution in [0.1, 0.15) is 78.9 Å². The van der Waals surface area contributed by atoms with Crippen molar-refractivity contribution in [3.05, 3.63) is 165 Å². The van der Waals surface area contributed by atoms with Crippen molar-refractivity contribution in [1.82, 2.24) is 5.32 Å². The zero-order valence-electron chi connectivity index (χ0n) is 46.1. The zero-order chi connectivity index (χ0) is 62.6. The first kappa shape index (κ1) is 65.6. The van der Waals surface area contributed by atoms with Crippen molar-refractivity contribution < 1.29 is 80.5 Å². The molecule has 0 fully saturated rings. The van der Waals surface area contributed by atoms with E-state index in [-0.39, 0.29) is 78.6 Å². The number of rotatable bonds is 17. The van der Waals surface area contributed by atoms with Crippen molar-refractivity contribution in [1.29, 1.82) is 15.8 Å². The normalized spacial score (nSPS) is 13.5. The van der Waals surface area contributed by atoms with E-state index in [1.165, 1.54) is 42.5 Å². The molecule has 9 rings (SSSR count). The van der Waals surface area contributed by atoms with Gasteiger partial charge >= 0.3 is 5.92 Å². The molecule has 6 aromatic rings. The first-order chi connectivity index (χ1) is 40.1. The number of nitrogens with zero attached hydrogens (tertiary/aromatic N) is 3. The summed E-state index contributed by atoms with van der Waals surface area (Å²) in [5.41, 5.74) is 7.06. The molecule has 0 atom stereocenters. The number of carbonyl (C=O) groups excluding carboxylic acids is 2. The molecule has 0 saturated carbocycles. The average Bonchev–Trinajstić information content (AvgIpc) is 4.23. The Kier molecular flexibility index (Phi) is 21.5. The Morgan fingerprint density at radius 1 is 0.565 bits per heavy atom. The number of hydrogen-bond acceptors (Lipinski definition) is 18. The average molecular weight is 1230 g/mol. The number of sulfone groups is 3. The molecule has 3 N–H and O–H groups in total. The summed E-state index contributed by atoms with van der Waals surface area (Å²) in [5.74, 6) is -6.94. The highest BCUT2D eigenvalue weighted by Gasteiger charge is 2.50. The summed E-state index contributed by atoms with van der Waals surface area (Å²) in [7, 11) is -7.64. The molecule has 0 heterocycles. The molecular weight excluding hydrogens is 1180 g/mol. The fraction of sp³-hybridized carbons (Fsp3) is 0.271. The Balaban J connectivity index is 0.000000195. The third-order valence-electron chi connectivity index (χ3n) is 12.6. The van der Waals surface area contributed by atoms with Gasteiger partial charge in [-0.3, -0.25) is 9.59 Å². The van der Waals surface area contributed by atoms with Crippen LogP contribution in [0.4, 0.5) is 22.0 Å². The van der Waals surface area contributed by atoms with Crippen LogP contribution >= 0.6 is 0 Å². The third kappa shape index (κ3) is 16.6. The van der Waals surface area contributed by atoms with E-state index in [0.29, 0.717) is 48.4 Å². The monoisotopic (exact) mass is 1230 g/mol. The molecule has 446 valence electrons. The molecule has 0 aromatic heterocycles. The van der Waals surface area contributed by atoms with Crippen molar-refractivity contribution in [3.63, 3.8) is 0 Å². The number of allylic oxidation sites excluding steroid dienone is 1. The van der Waals surface area contributed by atoms with Crippen molar-refractivity contribution >= 4 is 46.8 Å².